The van der Waals surface area contributed by atoms with Crippen LogP contribution in [0, 0.1) is 0 Å². The molecule has 0 spiro atoms. The lowest BCUT2D eigenvalue weighted by Gasteiger charge is -2.36. The summed E-state index contributed by atoms with van der Waals surface area (Å²) in [7, 11) is 1.49. The Kier molecular flexibility index (Phi) is 7.59. The number of thiocarbonyl (C=S) groups is 1. The summed E-state index contributed by atoms with van der Waals surface area (Å²) >= 11 is 13.0. The Morgan fingerprint density at radius 3 is 2.87 bits per heavy atom. The van der Waals surface area contributed by atoms with Gasteiger partial charge >= 0.3 is 5.97 Å². The third-order valence-corrected chi connectivity index (χ3v) is 6.47. The number of fused-ring (bicyclic) bond motifs is 1. The second-order valence-corrected chi connectivity index (χ2v) is 8.24. The first-order valence-corrected chi connectivity index (χ1v) is 10.7. The number of amides is 2. The Morgan fingerprint density at radius 2 is 2.13 bits per heavy atom. The van der Waals surface area contributed by atoms with E-state index in [9.17, 15) is 14.4 Å². The zero-order valence-electron chi connectivity index (χ0n) is 16.1. The molecule has 1 atom stereocenters. The van der Waals surface area contributed by atoms with Crippen molar-refractivity contribution in [1.29, 1.82) is 0 Å². The fourth-order valence-electron chi connectivity index (χ4n) is 3.00. The van der Waals surface area contributed by atoms with Crippen LogP contribution in [-0.4, -0.2) is 67.3 Å². The van der Waals surface area contributed by atoms with Gasteiger partial charge in [0.1, 0.15) is 17.5 Å². The van der Waals surface area contributed by atoms with E-state index in [-0.39, 0.29) is 30.7 Å². The van der Waals surface area contributed by atoms with Gasteiger partial charge in [-0.05, 0) is 18.3 Å². The number of nitrogens with one attached hydrogen (secondary N) is 2. The van der Waals surface area contributed by atoms with Crippen molar-refractivity contribution in [2.45, 2.75) is 12.5 Å². The summed E-state index contributed by atoms with van der Waals surface area (Å²) in [5.41, 5.74) is 0. The van der Waals surface area contributed by atoms with Crippen LogP contribution in [0.4, 0.5) is 0 Å². The van der Waals surface area contributed by atoms with Crippen LogP contribution in [0.1, 0.15) is 16.1 Å². The van der Waals surface area contributed by atoms with Crippen molar-refractivity contribution in [1.82, 2.24) is 15.5 Å². The Bertz CT molecular complexity index is 980. The fraction of sp³-hybridized carbons (Fsp3) is 0.368. The molecular formula is C19H20ClN3O5S2. The maximum absolute atomic E-state index is 12.8. The minimum absolute atomic E-state index is 0.0538. The summed E-state index contributed by atoms with van der Waals surface area (Å²) in [5.74, 6) is -1.37. The molecule has 1 aromatic heterocycles. The minimum atomic E-state index is -0.875. The van der Waals surface area contributed by atoms with Crippen LogP contribution in [0.15, 0.2) is 24.3 Å². The van der Waals surface area contributed by atoms with Crippen molar-refractivity contribution in [3.8, 4) is 0 Å². The van der Waals surface area contributed by atoms with Gasteiger partial charge in [0.05, 0.1) is 18.1 Å². The second kappa shape index (κ2) is 10.2. The summed E-state index contributed by atoms with van der Waals surface area (Å²) in [6.07, 6.45) is -0.199. The molecule has 0 aliphatic carbocycles. The molecule has 1 fully saturated rings. The zero-order valence-corrected chi connectivity index (χ0v) is 18.5. The molecule has 3 rings (SSSR count). The first-order valence-electron chi connectivity index (χ1n) is 9.13. The number of hydrogen-bond donors (Lipinski definition) is 2. The van der Waals surface area contributed by atoms with Gasteiger partial charge in [-0.1, -0.05) is 29.8 Å². The summed E-state index contributed by atoms with van der Waals surface area (Å²) < 4.78 is 10.8. The van der Waals surface area contributed by atoms with Crippen molar-refractivity contribution in [3.63, 3.8) is 0 Å². The Labute approximate surface area is 187 Å². The third-order valence-electron chi connectivity index (χ3n) is 4.46. The van der Waals surface area contributed by atoms with Crippen LogP contribution in [0.25, 0.3) is 10.1 Å². The molecule has 30 heavy (non-hydrogen) atoms. The number of ether oxygens (including phenoxy) is 2. The average molecular weight is 470 g/mol. The summed E-state index contributed by atoms with van der Waals surface area (Å²) in [5, 5.41) is 6.53. The molecular weight excluding hydrogens is 450 g/mol. The molecule has 11 heteroatoms. The normalized spacial score (nSPS) is 16.3. The maximum atomic E-state index is 12.8. The van der Waals surface area contributed by atoms with Gasteiger partial charge in [0.25, 0.3) is 5.91 Å². The van der Waals surface area contributed by atoms with E-state index in [1.54, 1.807) is 0 Å². The van der Waals surface area contributed by atoms with Gasteiger partial charge in [-0.25, -0.2) is 0 Å². The van der Waals surface area contributed by atoms with Crippen LogP contribution in [0.5, 0.6) is 0 Å². The molecule has 0 bridgehead atoms. The van der Waals surface area contributed by atoms with E-state index < -0.39 is 17.9 Å². The molecule has 160 valence electrons. The highest BCUT2D eigenvalue weighted by Gasteiger charge is 2.34. The Morgan fingerprint density at radius 1 is 1.37 bits per heavy atom. The number of methoxy groups -OCH3 is 1. The van der Waals surface area contributed by atoms with Gasteiger partial charge in [-0.2, -0.15) is 0 Å². The first kappa shape index (κ1) is 22.4. The van der Waals surface area contributed by atoms with Crippen LogP contribution >= 0.6 is 35.2 Å². The van der Waals surface area contributed by atoms with Gasteiger partial charge < -0.3 is 19.7 Å². The number of esters is 1. The number of carbonyl (C=O) groups is 3. The first-order chi connectivity index (χ1) is 14.4. The lowest BCUT2D eigenvalue weighted by molar-refractivity contribution is -0.148. The number of halogens is 1. The molecule has 1 unspecified atom stereocenters. The van der Waals surface area contributed by atoms with Gasteiger partial charge in [0.2, 0.25) is 5.91 Å². The number of piperazine rings is 1. The summed E-state index contributed by atoms with van der Waals surface area (Å²) in [6.45, 7) is 1.04. The molecule has 0 radical (unpaired) electrons. The molecule has 0 saturated carbocycles. The van der Waals surface area contributed by atoms with Crippen LogP contribution < -0.4 is 10.6 Å². The number of rotatable bonds is 6. The highest BCUT2D eigenvalue weighted by atomic mass is 35.5. The standard InChI is InChI=1S/C19H20ClN3O5S2/c1-27-8-9-28-14(24)10-12-17(25)21-6-7-23(12)19(29)22-18(26)16-15(20)11-4-2-3-5-13(11)30-16/h2-5,12H,6-10H2,1H3,(H,21,25)(H,22,26,29). The largest absolute Gasteiger partial charge is 0.463 e. The summed E-state index contributed by atoms with van der Waals surface area (Å²) in [6, 6.07) is 6.55. The van der Waals surface area contributed by atoms with E-state index in [4.69, 9.17) is 33.3 Å². The zero-order chi connectivity index (χ0) is 21.7. The van der Waals surface area contributed by atoms with E-state index >= 15 is 0 Å². The third kappa shape index (κ3) is 5.07. The topological polar surface area (TPSA) is 97.0 Å². The average Bonchev–Trinajstić information content (AvgIpc) is 3.06. The number of benzene rings is 1. The SMILES string of the molecule is COCCOC(=O)CC1C(=O)NCCN1C(=S)NC(=O)c1sc2ccccc2c1Cl. The predicted molar refractivity (Wildman–Crippen MR) is 118 cm³/mol. The van der Waals surface area contributed by atoms with Crippen molar-refractivity contribution in [3.05, 3.63) is 34.2 Å². The van der Waals surface area contributed by atoms with Crippen molar-refractivity contribution < 1.29 is 23.9 Å². The highest BCUT2D eigenvalue weighted by Crippen LogP contribution is 2.35. The van der Waals surface area contributed by atoms with Crippen LogP contribution in [0.2, 0.25) is 5.02 Å². The Balaban J connectivity index is 1.69. The molecule has 8 nitrogen and oxygen atoms in total. The molecule has 2 N–H and O–H groups in total. The molecule has 1 aromatic carbocycles. The van der Waals surface area contributed by atoms with E-state index in [0.717, 1.165) is 10.1 Å². The van der Waals surface area contributed by atoms with Crippen molar-refractivity contribution >= 4 is 68.1 Å². The van der Waals surface area contributed by atoms with Gasteiger partial charge in [-0.15, -0.1) is 11.3 Å². The van der Waals surface area contributed by atoms with Gasteiger partial charge in [0, 0.05) is 30.3 Å². The molecule has 1 aliphatic heterocycles. The number of carbonyl (C=O) groups excluding carboxylic acids is 3. The van der Waals surface area contributed by atoms with Crippen molar-refractivity contribution in [2.24, 2.45) is 0 Å². The monoisotopic (exact) mass is 469 g/mol. The van der Waals surface area contributed by atoms with E-state index in [0.29, 0.717) is 23.0 Å². The molecule has 1 aliphatic rings. The second-order valence-electron chi connectivity index (χ2n) is 6.42. The van der Waals surface area contributed by atoms with Crippen LogP contribution in [0.3, 0.4) is 0 Å². The lowest BCUT2D eigenvalue weighted by atomic mass is 10.1. The van der Waals surface area contributed by atoms with Crippen LogP contribution in [-0.2, 0) is 19.1 Å². The lowest BCUT2D eigenvalue weighted by Crippen LogP contribution is -2.60. The van der Waals surface area contributed by atoms with E-state index in [1.807, 2.05) is 24.3 Å². The smallest absolute Gasteiger partial charge is 0.308 e. The number of thiophene rings is 1. The van der Waals surface area contributed by atoms with Gasteiger partial charge in [0.15, 0.2) is 5.11 Å². The van der Waals surface area contributed by atoms with E-state index in [2.05, 4.69) is 10.6 Å². The predicted octanol–water partition coefficient (Wildman–Crippen LogP) is 1.95. The fourth-order valence-corrected chi connectivity index (χ4v) is 4.73. The Hall–Kier alpha value is -2.27. The van der Waals surface area contributed by atoms with Gasteiger partial charge in [-0.3, -0.25) is 19.7 Å². The molecule has 1 saturated heterocycles. The number of nitrogens with zero attached hydrogens (tertiary/aromatic N) is 1. The highest BCUT2D eigenvalue weighted by molar-refractivity contribution is 7.80. The number of hydrogen-bond acceptors (Lipinski definition) is 7. The quantitative estimate of drug-likeness (QED) is 0.379. The van der Waals surface area contributed by atoms with E-state index in [1.165, 1.54) is 23.3 Å². The molecule has 2 aromatic rings. The minimum Gasteiger partial charge on any atom is -0.463 e. The van der Waals surface area contributed by atoms with Crippen molar-refractivity contribution in [2.75, 3.05) is 33.4 Å². The molecule has 2 heterocycles. The maximum Gasteiger partial charge on any atom is 0.308 e. The molecule has 2 amide bonds. The summed E-state index contributed by atoms with van der Waals surface area (Å²) in [4.78, 5) is 39.0.